The van der Waals surface area contributed by atoms with E-state index in [1.165, 1.54) is 43.4 Å². The van der Waals surface area contributed by atoms with Crippen LogP contribution in [0, 0.1) is 0 Å². The maximum absolute atomic E-state index is 13.2. The van der Waals surface area contributed by atoms with Crippen molar-refractivity contribution < 1.29 is 17.9 Å². The Hall–Kier alpha value is -2.42. The molecule has 0 heterocycles. The molecule has 1 fully saturated rings. The Morgan fingerprint density at radius 3 is 2.45 bits per heavy atom. The minimum absolute atomic E-state index is 0.0239. The number of benzene rings is 2. The molecule has 7 nitrogen and oxygen atoms in total. The van der Waals surface area contributed by atoms with Crippen molar-refractivity contribution in [1.29, 1.82) is 0 Å². The molecule has 3 rings (SSSR count). The van der Waals surface area contributed by atoms with E-state index in [1.54, 1.807) is 6.07 Å². The second-order valence-corrected chi connectivity index (χ2v) is 10.1. The molecule has 1 atom stereocenters. The van der Waals surface area contributed by atoms with Gasteiger partial charge in [-0.25, -0.2) is 8.42 Å². The number of likely N-dealkylation sites (N-methyl/N-ethyl adjacent to an activating group) is 1. The van der Waals surface area contributed by atoms with E-state index in [0.717, 1.165) is 5.56 Å². The van der Waals surface area contributed by atoms with Crippen molar-refractivity contribution in [1.82, 2.24) is 14.5 Å². The SMILES string of the molecule is COc1ccc(C(=O)NCC(C)N(C)C2CC2)cc1S(=O)(=O)N(C)Cc1ccccc1. The molecular formula is C23H31N3O4S. The maximum Gasteiger partial charge on any atom is 0.251 e. The number of carbonyl (C=O) groups is 1. The summed E-state index contributed by atoms with van der Waals surface area (Å²) in [5.41, 5.74) is 1.16. The standard InChI is InChI=1S/C23H31N3O4S/c1-17(26(3)20-11-12-20)15-24-23(27)19-10-13-21(30-4)22(14-19)31(28,29)25(2)16-18-8-6-5-7-9-18/h5-10,13-14,17,20H,11-12,15-16H2,1-4H3,(H,24,27). The smallest absolute Gasteiger partial charge is 0.251 e. The topological polar surface area (TPSA) is 79.0 Å². The van der Waals surface area contributed by atoms with Gasteiger partial charge in [-0.15, -0.1) is 0 Å². The first-order chi connectivity index (χ1) is 14.7. The third-order valence-corrected chi connectivity index (χ3v) is 7.56. The van der Waals surface area contributed by atoms with Gasteiger partial charge < -0.3 is 10.1 Å². The molecule has 1 aliphatic carbocycles. The number of amides is 1. The van der Waals surface area contributed by atoms with Gasteiger partial charge in [-0.05, 0) is 50.6 Å². The van der Waals surface area contributed by atoms with Gasteiger partial charge in [0.15, 0.2) is 0 Å². The number of carbonyl (C=O) groups excluding carboxylic acids is 1. The molecule has 1 N–H and O–H groups in total. The number of sulfonamides is 1. The Morgan fingerprint density at radius 1 is 1.16 bits per heavy atom. The quantitative estimate of drug-likeness (QED) is 0.608. The van der Waals surface area contributed by atoms with Crippen LogP contribution in [0.2, 0.25) is 0 Å². The fourth-order valence-electron chi connectivity index (χ4n) is 3.44. The number of rotatable bonds is 10. The van der Waals surface area contributed by atoms with Crippen molar-refractivity contribution in [2.75, 3.05) is 27.7 Å². The number of ether oxygens (including phenoxy) is 1. The van der Waals surface area contributed by atoms with E-state index in [2.05, 4.69) is 24.2 Å². The Kier molecular flexibility index (Phi) is 7.35. The van der Waals surface area contributed by atoms with E-state index in [0.29, 0.717) is 12.6 Å². The number of nitrogens with one attached hydrogen (secondary N) is 1. The monoisotopic (exact) mass is 445 g/mol. The van der Waals surface area contributed by atoms with E-state index in [9.17, 15) is 13.2 Å². The summed E-state index contributed by atoms with van der Waals surface area (Å²) in [5.74, 6) is -0.0980. The summed E-state index contributed by atoms with van der Waals surface area (Å²) in [5, 5.41) is 2.92. The van der Waals surface area contributed by atoms with E-state index >= 15 is 0 Å². The summed E-state index contributed by atoms with van der Waals surface area (Å²) in [7, 11) is 1.14. The Labute approximate surface area is 185 Å². The molecule has 1 saturated carbocycles. The predicted octanol–water partition coefficient (Wildman–Crippen LogP) is 2.73. The third kappa shape index (κ3) is 5.64. The summed E-state index contributed by atoms with van der Waals surface area (Å²) in [6.45, 7) is 2.78. The second kappa shape index (κ2) is 9.80. The molecule has 0 spiro atoms. The highest BCUT2D eigenvalue weighted by Crippen LogP contribution is 2.29. The van der Waals surface area contributed by atoms with Crippen molar-refractivity contribution in [3.05, 3.63) is 59.7 Å². The van der Waals surface area contributed by atoms with Crippen molar-refractivity contribution in [3.8, 4) is 5.75 Å². The number of nitrogens with zero attached hydrogens (tertiary/aromatic N) is 2. The van der Waals surface area contributed by atoms with Gasteiger partial charge in [0, 0.05) is 37.8 Å². The average Bonchev–Trinajstić information content (AvgIpc) is 3.62. The van der Waals surface area contributed by atoms with Gasteiger partial charge in [-0.2, -0.15) is 4.31 Å². The number of methoxy groups -OCH3 is 1. The normalized spacial score (nSPS) is 15.2. The minimum Gasteiger partial charge on any atom is -0.495 e. The lowest BCUT2D eigenvalue weighted by molar-refractivity contribution is 0.0939. The van der Waals surface area contributed by atoms with Gasteiger partial charge in [0.25, 0.3) is 5.91 Å². The van der Waals surface area contributed by atoms with Crippen LogP contribution in [0.1, 0.15) is 35.7 Å². The lowest BCUT2D eigenvalue weighted by atomic mass is 10.2. The molecule has 0 bridgehead atoms. The lowest BCUT2D eigenvalue weighted by Gasteiger charge is -2.24. The highest BCUT2D eigenvalue weighted by atomic mass is 32.2. The van der Waals surface area contributed by atoms with Gasteiger partial charge in [-0.1, -0.05) is 30.3 Å². The summed E-state index contributed by atoms with van der Waals surface area (Å²) < 4.78 is 33.0. The molecule has 1 amide bonds. The fourth-order valence-corrected chi connectivity index (χ4v) is 4.78. The zero-order valence-corrected chi connectivity index (χ0v) is 19.4. The molecule has 168 valence electrons. The summed E-state index contributed by atoms with van der Waals surface area (Å²) in [4.78, 5) is 15.0. The van der Waals surface area contributed by atoms with Crippen LogP contribution < -0.4 is 10.1 Å². The van der Waals surface area contributed by atoms with Crippen LogP contribution in [-0.4, -0.2) is 63.4 Å². The first kappa shape index (κ1) is 23.2. The fraction of sp³-hybridized carbons (Fsp3) is 0.435. The summed E-state index contributed by atoms with van der Waals surface area (Å²) in [6.07, 6.45) is 2.40. The Morgan fingerprint density at radius 2 is 1.84 bits per heavy atom. The maximum atomic E-state index is 13.2. The second-order valence-electron chi connectivity index (χ2n) is 8.07. The van der Waals surface area contributed by atoms with Gasteiger partial charge in [-0.3, -0.25) is 9.69 Å². The summed E-state index contributed by atoms with van der Waals surface area (Å²) in [6, 6.07) is 14.6. The molecule has 2 aromatic rings. The molecule has 8 heteroatoms. The molecule has 2 aromatic carbocycles. The first-order valence-corrected chi connectivity index (χ1v) is 11.9. The van der Waals surface area contributed by atoms with Crippen LogP contribution in [0.25, 0.3) is 0 Å². The van der Waals surface area contributed by atoms with Crippen molar-refractivity contribution in [3.63, 3.8) is 0 Å². The average molecular weight is 446 g/mol. The largest absolute Gasteiger partial charge is 0.495 e. The first-order valence-electron chi connectivity index (χ1n) is 10.4. The molecule has 0 aromatic heterocycles. The van der Waals surface area contributed by atoms with Crippen LogP contribution >= 0.6 is 0 Å². The Bertz CT molecular complexity index is 1010. The van der Waals surface area contributed by atoms with Crippen molar-refractivity contribution >= 4 is 15.9 Å². The third-order valence-electron chi connectivity index (χ3n) is 5.74. The molecular weight excluding hydrogens is 414 g/mol. The van der Waals surface area contributed by atoms with Crippen LogP contribution in [-0.2, 0) is 16.6 Å². The molecule has 1 aliphatic rings. The van der Waals surface area contributed by atoms with Crippen molar-refractivity contribution in [2.24, 2.45) is 0 Å². The van der Waals surface area contributed by atoms with E-state index in [-0.39, 0.29) is 34.7 Å². The van der Waals surface area contributed by atoms with Crippen molar-refractivity contribution in [2.45, 2.75) is 43.3 Å². The van der Waals surface area contributed by atoms with Gasteiger partial charge in [0.1, 0.15) is 10.6 Å². The van der Waals surface area contributed by atoms with Crippen LogP contribution in [0.15, 0.2) is 53.4 Å². The van der Waals surface area contributed by atoms with E-state index in [4.69, 9.17) is 4.74 Å². The number of hydrogen-bond acceptors (Lipinski definition) is 5. The van der Waals surface area contributed by atoms with E-state index in [1.807, 2.05) is 30.3 Å². The van der Waals surface area contributed by atoms with Crippen LogP contribution in [0.4, 0.5) is 0 Å². The highest BCUT2D eigenvalue weighted by molar-refractivity contribution is 7.89. The zero-order valence-electron chi connectivity index (χ0n) is 18.5. The summed E-state index contributed by atoms with van der Waals surface area (Å²) >= 11 is 0. The van der Waals surface area contributed by atoms with Gasteiger partial charge in [0.2, 0.25) is 10.0 Å². The number of hydrogen-bond donors (Lipinski definition) is 1. The molecule has 0 saturated heterocycles. The Balaban J connectivity index is 1.76. The highest BCUT2D eigenvalue weighted by Gasteiger charge is 2.30. The van der Waals surface area contributed by atoms with Gasteiger partial charge >= 0.3 is 0 Å². The van der Waals surface area contributed by atoms with Crippen LogP contribution in [0.3, 0.4) is 0 Å². The molecule has 0 aliphatic heterocycles. The molecule has 0 radical (unpaired) electrons. The predicted molar refractivity (Wildman–Crippen MR) is 121 cm³/mol. The molecule has 1 unspecified atom stereocenters. The minimum atomic E-state index is -3.86. The van der Waals surface area contributed by atoms with E-state index < -0.39 is 10.0 Å². The van der Waals surface area contributed by atoms with Crippen LogP contribution in [0.5, 0.6) is 5.75 Å². The zero-order chi connectivity index (χ0) is 22.6. The lowest BCUT2D eigenvalue weighted by Crippen LogP contribution is -2.41. The van der Waals surface area contributed by atoms with Gasteiger partial charge in [0.05, 0.1) is 7.11 Å². The molecule has 31 heavy (non-hydrogen) atoms.